The first-order chi connectivity index (χ1) is 11.6. The SMILES string of the molecule is Cc1ccccc1C(C)CC(=O)NCC(CCO)c1ccccc1. The molecule has 0 aliphatic rings. The molecule has 0 aliphatic carbocycles. The Labute approximate surface area is 144 Å². The number of aryl methyl sites for hydroxylation is 1. The highest BCUT2D eigenvalue weighted by molar-refractivity contribution is 5.77. The molecule has 2 unspecified atom stereocenters. The van der Waals surface area contributed by atoms with Gasteiger partial charge in [0.05, 0.1) is 0 Å². The van der Waals surface area contributed by atoms with Crippen LogP contribution < -0.4 is 5.32 Å². The van der Waals surface area contributed by atoms with E-state index < -0.39 is 0 Å². The molecule has 2 N–H and O–H groups in total. The molecule has 0 saturated heterocycles. The predicted molar refractivity (Wildman–Crippen MR) is 98.1 cm³/mol. The van der Waals surface area contributed by atoms with E-state index in [2.05, 4.69) is 31.3 Å². The Morgan fingerprint density at radius 2 is 1.75 bits per heavy atom. The van der Waals surface area contributed by atoms with Crippen LogP contribution in [-0.2, 0) is 4.79 Å². The normalized spacial score (nSPS) is 13.3. The Kier molecular flexibility index (Phi) is 7.01. The number of hydrogen-bond donors (Lipinski definition) is 2. The lowest BCUT2D eigenvalue weighted by Crippen LogP contribution is -2.29. The summed E-state index contributed by atoms with van der Waals surface area (Å²) < 4.78 is 0. The number of aliphatic hydroxyl groups is 1. The van der Waals surface area contributed by atoms with Gasteiger partial charge in [-0.2, -0.15) is 0 Å². The molecule has 2 aromatic carbocycles. The van der Waals surface area contributed by atoms with Crippen molar-refractivity contribution < 1.29 is 9.90 Å². The fraction of sp³-hybridized carbons (Fsp3) is 0.381. The highest BCUT2D eigenvalue weighted by atomic mass is 16.3. The van der Waals surface area contributed by atoms with Gasteiger partial charge in [0.15, 0.2) is 0 Å². The van der Waals surface area contributed by atoms with Gasteiger partial charge in [0, 0.05) is 25.5 Å². The quantitative estimate of drug-likeness (QED) is 0.776. The molecule has 0 aromatic heterocycles. The highest BCUT2D eigenvalue weighted by Crippen LogP contribution is 2.23. The molecule has 0 fully saturated rings. The first-order valence-electron chi connectivity index (χ1n) is 8.59. The fourth-order valence-electron chi connectivity index (χ4n) is 3.10. The molecule has 0 spiro atoms. The van der Waals surface area contributed by atoms with Crippen LogP contribution in [0, 0.1) is 6.92 Å². The second-order valence-electron chi connectivity index (χ2n) is 6.39. The van der Waals surface area contributed by atoms with Crippen molar-refractivity contribution in [1.29, 1.82) is 0 Å². The number of carbonyl (C=O) groups is 1. The molecule has 2 rings (SSSR count). The average molecular weight is 325 g/mol. The number of amides is 1. The third-order valence-electron chi connectivity index (χ3n) is 4.51. The summed E-state index contributed by atoms with van der Waals surface area (Å²) in [5.41, 5.74) is 3.60. The molecule has 0 aliphatic heterocycles. The maximum absolute atomic E-state index is 12.3. The van der Waals surface area contributed by atoms with Crippen LogP contribution in [0.4, 0.5) is 0 Å². The van der Waals surface area contributed by atoms with Crippen molar-refractivity contribution in [3.05, 3.63) is 71.3 Å². The zero-order valence-electron chi connectivity index (χ0n) is 14.5. The molecule has 24 heavy (non-hydrogen) atoms. The molecule has 3 heteroatoms. The molecule has 128 valence electrons. The number of nitrogens with one attached hydrogen (secondary N) is 1. The molecular weight excluding hydrogens is 298 g/mol. The second-order valence-corrected chi connectivity index (χ2v) is 6.39. The van der Waals surface area contributed by atoms with Gasteiger partial charge in [-0.05, 0) is 36.0 Å². The van der Waals surface area contributed by atoms with Gasteiger partial charge in [0.2, 0.25) is 5.91 Å². The van der Waals surface area contributed by atoms with Gasteiger partial charge in [-0.25, -0.2) is 0 Å². The first kappa shape index (κ1) is 18.2. The van der Waals surface area contributed by atoms with Crippen LogP contribution in [0.3, 0.4) is 0 Å². The predicted octanol–water partition coefficient (Wildman–Crippen LogP) is 3.77. The van der Waals surface area contributed by atoms with Gasteiger partial charge in [-0.15, -0.1) is 0 Å². The van der Waals surface area contributed by atoms with Crippen molar-refractivity contribution in [2.24, 2.45) is 0 Å². The van der Waals surface area contributed by atoms with Gasteiger partial charge in [0.1, 0.15) is 0 Å². The van der Waals surface area contributed by atoms with E-state index in [-0.39, 0.29) is 24.3 Å². The van der Waals surface area contributed by atoms with Crippen LogP contribution in [0.5, 0.6) is 0 Å². The summed E-state index contributed by atoms with van der Waals surface area (Å²) in [7, 11) is 0. The van der Waals surface area contributed by atoms with Crippen LogP contribution in [0.2, 0.25) is 0 Å². The lowest BCUT2D eigenvalue weighted by molar-refractivity contribution is -0.121. The second kappa shape index (κ2) is 9.24. The maximum atomic E-state index is 12.3. The minimum absolute atomic E-state index is 0.0598. The molecule has 3 nitrogen and oxygen atoms in total. The fourth-order valence-corrected chi connectivity index (χ4v) is 3.10. The molecule has 1 amide bonds. The summed E-state index contributed by atoms with van der Waals surface area (Å²) in [6, 6.07) is 18.2. The highest BCUT2D eigenvalue weighted by Gasteiger charge is 2.15. The maximum Gasteiger partial charge on any atom is 0.220 e. The first-order valence-corrected chi connectivity index (χ1v) is 8.59. The van der Waals surface area contributed by atoms with Crippen molar-refractivity contribution in [3.63, 3.8) is 0 Å². The van der Waals surface area contributed by atoms with E-state index in [0.29, 0.717) is 19.4 Å². The van der Waals surface area contributed by atoms with Crippen molar-refractivity contribution in [2.75, 3.05) is 13.2 Å². The van der Waals surface area contributed by atoms with Gasteiger partial charge in [-0.3, -0.25) is 4.79 Å². The van der Waals surface area contributed by atoms with Crippen molar-refractivity contribution in [2.45, 2.75) is 38.5 Å². The zero-order valence-corrected chi connectivity index (χ0v) is 14.5. The summed E-state index contributed by atoms with van der Waals surface area (Å²) in [6.45, 7) is 4.85. The van der Waals surface area contributed by atoms with Crippen LogP contribution in [-0.4, -0.2) is 24.2 Å². The molecule has 2 atom stereocenters. The molecule has 2 aromatic rings. The molecule has 0 saturated carbocycles. The smallest absolute Gasteiger partial charge is 0.220 e. The van der Waals surface area contributed by atoms with Crippen molar-refractivity contribution in [3.8, 4) is 0 Å². The zero-order chi connectivity index (χ0) is 17.4. The van der Waals surface area contributed by atoms with E-state index in [0.717, 1.165) is 5.56 Å². The van der Waals surface area contributed by atoms with Crippen molar-refractivity contribution in [1.82, 2.24) is 5.32 Å². The molecular formula is C21H27NO2. The average Bonchev–Trinajstić information content (AvgIpc) is 2.59. The molecule has 0 bridgehead atoms. The monoisotopic (exact) mass is 325 g/mol. The minimum atomic E-state index is 0.0598. The van der Waals surface area contributed by atoms with Gasteiger partial charge in [-0.1, -0.05) is 61.5 Å². The lowest BCUT2D eigenvalue weighted by atomic mass is 9.93. The Morgan fingerprint density at radius 1 is 1.08 bits per heavy atom. The van der Waals surface area contributed by atoms with Gasteiger partial charge < -0.3 is 10.4 Å². The lowest BCUT2D eigenvalue weighted by Gasteiger charge is -2.19. The third kappa shape index (κ3) is 5.20. The Balaban J connectivity index is 1.90. The third-order valence-corrected chi connectivity index (χ3v) is 4.51. The van der Waals surface area contributed by atoms with Gasteiger partial charge >= 0.3 is 0 Å². The number of benzene rings is 2. The van der Waals surface area contributed by atoms with E-state index in [1.165, 1.54) is 11.1 Å². The van der Waals surface area contributed by atoms with E-state index in [1.54, 1.807) is 0 Å². The number of aliphatic hydroxyl groups excluding tert-OH is 1. The Hall–Kier alpha value is -2.13. The summed E-state index contributed by atoms with van der Waals surface area (Å²) in [6.07, 6.45) is 1.13. The van der Waals surface area contributed by atoms with E-state index >= 15 is 0 Å². The van der Waals surface area contributed by atoms with Crippen LogP contribution in [0.25, 0.3) is 0 Å². The summed E-state index contributed by atoms with van der Waals surface area (Å²) in [5, 5.41) is 12.3. The standard InChI is InChI=1S/C21H27NO2/c1-16-8-6-7-11-20(16)17(2)14-21(24)22-15-19(12-13-23)18-9-4-3-5-10-18/h3-11,17,19,23H,12-15H2,1-2H3,(H,22,24). The summed E-state index contributed by atoms with van der Waals surface area (Å²) >= 11 is 0. The van der Waals surface area contributed by atoms with Crippen LogP contribution in [0.1, 0.15) is 48.3 Å². The summed E-state index contributed by atoms with van der Waals surface area (Å²) in [4.78, 5) is 12.3. The topological polar surface area (TPSA) is 49.3 Å². The van der Waals surface area contributed by atoms with E-state index in [1.807, 2.05) is 42.5 Å². The van der Waals surface area contributed by atoms with Crippen LogP contribution in [0.15, 0.2) is 54.6 Å². The van der Waals surface area contributed by atoms with Crippen molar-refractivity contribution >= 4 is 5.91 Å². The minimum Gasteiger partial charge on any atom is -0.396 e. The Morgan fingerprint density at radius 3 is 2.42 bits per heavy atom. The molecule has 0 radical (unpaired) electrons. The largest absolute Gasteiger partial charge is 0.396 e. The Bertz CT molecular complexity index is 639. The number of rotatable bonds is 8. The number of hydrogen-bond acceptors (Lipinski definition) is 2. The number of carbonyl (C=O) groups excluding carboxylic acids is 1. The van der Waals surface area contributed by atoms with Gasteiger partial charge in [0.25, 0.3) is 0 Å². The van der Waals surface area contributed by atoms with Crippen LogP contribution >= 0.6 is 0 Å². The molecule has 0 heterocycles. The van der Waals surface area contributed by atoms with E-state index in [4.69, 9.17) is 0 Å². The summed E-state index contributed by atoms with van der Waals surface area (Å²) in [5.74, 6) is 0.401. The van der Waals surface area contributed by atoms with E-state index in [9.17, 15) is 9.90 Å².